The van der Waals surface area contributed by atoms with Crippen LogP contribution in [0.25, 0.3) is 0 Å². The number of quaternary nitrogens is 1. The van der Waals surface area contributed by atoms with Crippen molar-refractivity contribution in [2.24, 2.45) is 4.99 Å². The first-order chi connectivity index (χ1) is 8.89. The molecule has 1 atom stereocenters. The molecule has 1 heterocycles. The molecule has 1 rings (SSSR count). The molecule has 20 heavy (non-hydrogen) atoms. The van der Waals surface area contributed by atoms with Gasteiger partial charge < -0.3 is 13.8 Å². The maximum absolute atomic E-state index is 10.7. The fourth-order valence-electron chi connectivity index (χ4n) is 1.18. The van der Waals surface area contributed by atoms with Crippen LogP contribution in [-0.4, -0.2) is 74.6 Å². The average molecular weight is 336 g/mol. The van der Waals surface area contributed by atoms with Crippen molar-refractivity contribution in [2.75, 3.05) is 40.3 Å². The van der Waals surface area contributed by atoms with Crippen LogP contribution in [0.1, 0.15) is 0 Å². The van der Waals surface area contributed by atoms with E-state index in [1.807, 2.05) is 0 Å². The van der Waals surface area contributed by atoms with Crippen LogP contribution in [0, 0.1) is 0 Å². The maximum Gasteiger partial charge on any atom is 0.485 e. The lowest BCUT2D eigenvalue weighted by Gasteiger charge is -2.27. The number of halogens is 3. The van der Waals surface area contributed by atoms with Crippen LogP contribution in [0.5, 0.6) is 0 Å². The summed E-state index contributed by atoms with van der Waals surface area (Å²) in [4.78, 5) is 3.89. The lowest BCUT2D eigenvalue weighted by Crippen LogP contribution is -2.44. The van der Waals surface area contributed by atoms with Crippen molar-refractivity contribution >= 4 is 27.5 Å². The van der Waals surface area contributed by atoms with E-state index in [2.05, 4.69) is 36.5 Å². The Labute approximate surface area is 120 Å². The molecular weight excluding hydrogens is 321 g/mol. The summed E-state index contributed by atoms with van der Waals surface area (Å²) < 4.78 is 65.0. The van der Waals surface area contributed by atoms with Gasteiger partial charge in [-0.25, -0.2) is 13.4 Å². The number of alkyl halides is 3. The number of hydrogen-bond acceptors (Lipinski definition) is 6. The zero-order valence-electron chi connectivity index (χ0n) is 10.9. The van der Waals surface area contributed by atoms with Gasteiger partial charge >= 0.3 is 5.51 Å². The highest BCUT2D eigenvalue weighted by Crippen LogP contribution is 2.20. The predicted molar refractivity (Wildman–Crippen MR) is 67.2 cm³/mol. The molecule has 0 aromatic heterocycles. The molecule has 1 unspecified atom stereocenters. The highest BCUT2D eigenvalue weighted by atomic mass is 32.2. The van der Waals surface area contributed by atoms with Gasteiger partial charge in [0.25, 0.3) is 0 Å². The highest BCUT2D eigenvalue weighted by molar-refractivity contribution is 7.86. The lowest BCUT2D eigenvalue weighted by atomic mass is 10.3. The van der Waals surface area contributed by atoms with E-state index in [1.165, 1.54) is 0 Å². The van der Waals surface area contributed by atoms with E-state index in [-0.39, 0.29) is 0 Å². The Morgan fingerprint density at radius 1 is 1.50 bits per heavy atom. The van der Waals surface area contributed by atoms with E-state index in [4.69, 9.17) is 17.7 Å². The molecule has 118 valence electrons. The Balaban J connectivity index is 0.000000396. The molecule has 11 heteroatoms. The number of thiocarbonyl (C=S) groups is 1. The van der Waals surface area contributed by atoms with Crippen molar-refractivity contribution in [1.29, 1.82) is 0 Å². The normalized spacial score (nSPS) is 18.6. The van der Waals surface area contributed by atoms with E-state index in [9.17, 15) is 13.2 Å². The molecule has 1 aliphatic rings. The summed E-state index contributed by atoms with van der Waals surface area (Å²) in [5.41, 5.74) is -5.65. The predicted octanol–water partition coefficient (Wildman–Crippen LogP) is 0.616. The van der Waals surface area contributed by atoms with Crippen molar-refractivity contribution in [3.8, 4) is 0 Å². The first-order valence-electron chi connectivity index (χ1n) is 5.38. The molecule has 0 amide bonds. The van der Waals surface area contributed by atoms with Gasteiger partial charge in [0, 0.05) is 0 Å². The third-order valence-corrected chi connectivity index (χ3v) is 2.96. The minimum atomic E-state index is -6.09. The van der Waals surface area contributed by atoms with Crippen LogP contribution in [0.15, 0.2) is 4.99 Å². The van der Waals surface area contributed by atoms with E-state index in [1.54, 1.807) is 0 Å². The van der Waals surface area contributed by atoms with Gasteiger partial charge in [-0.15, -0.1) is 0 Å². The second kappa shape index (κ2) is 7.43. The quantitative estimate of drug-likeness (QED) is 0.184. The Morgan fingerprint density at radius 2 is 1.95 bits per heavy atom. The fraction of sp³-hybridized carbons (Fsp3) is 0.889. The fourth-order valence-corrected chi connectivity index (χ4v) is 1.27. The Kier molecular flexibility index (Phi) is 7.22. The maximum atomic E-state index is 10.7. The number of rotatable bonds is 5. The molecule has 1 saturated heterocycles. The van der Waals surface area contributed by atoms with Crippen LogP contribution < -0.4 is 0 Å². The number of hydrogen-bond donors (Lipinski definition) is 0. The van der Waals surface area contributed by atoms with Gasteiger partial charge in [-0.3, -0.25) is 0 Å². The van der Waals surface area contributed by atoms with E-state index < -0.39 is 15.6 Å². The van der Waals surface area contributed by atoms with Crippen LogP contribution in [-0.2, 0) is 14.9 Å². The summed E-state index contributed by atoms with van der Waals surface area (Å²) in [7, 11) is -1.73. The van der Waals surface area contributed by atoms with E-state index >= 15 is 0 Å². The number of nitrogens with zero attached hydrogens (tertiary/aromatic N) is 2. The topological polar surface area (TPSA) is 82.1 Å². The summed E-state index contributed by atoms with van der Waals surface area (Å²) in [5, 5.41) is 2.38. The van der Waals surface area contributed by atoms with E-state index in [0.29, 0.717) is 6.10 Å². The first-order valence-corrected chi connectivity index (χ1v) is 7.20. The van der Waals surface area contributed by atoms with Gasteiger partial charge in [-0.2, -0.15) is 13.2 Å². The molecule has 0 radical (unpaired) electrons. The largest absolute Gasteiger partial charge is 0.741 e. The Morgan fingerprint density at radius 3 is 2.25 bits per heavy atom. The van der Waals surface area contributed by atoms with Gasteiger partial charge in [0.2, 0.25) is 0 Å². The van der Waals surface area contributed by atoms with Crippen LogP contribution in [0.2, 0.25) is 0 Å². The molecule has 0 N–H and O–H groups in total. The zero-order valence-corrected chi connectivity index (χ0v) is 12.5. The molecule has 1 fully saturated rings. The van der Waals surface area contributed by atoms with Gasteiger partial charge in [0.05, 0.1) is 39.0 Å². The summed E-state index contributed by atoms with van der Waals surface area (Å²) in [6.07, 6.45) is 0.483. The molecule has 0 aliphatic carbocycles. The average Bonchev–Trinajstić information content (AvgIpc) is 2.98. The van der Waals surface area contributed by atoms with Crippen molar-refractivity contribution in [1.82, 2.24) is 0 Å². The molecule has 0 spiro atoms. The molecular formula is C9H15F3N2O4S2. The van der Waals surface area contributed by atoms with Crippen molar-refractivity contribution < 1.29 is 35.4 Å². The number of ether oxygens (including phenoxy) is 1. The van der Waals surface area contributed by atoms with Crippen molar-refractivity contribution in [2.45, 2.75) is 11.6 Å². The van der Waals surface area contributed by atoms with Crippen LogP contribution >= 0.6 is 12.2 Å². The minimum absolute atomic E-state index is 0.483. The third kappa shape index (κ3) is 9.34. The number of isothiocyanates is 1. The molecule has 1 aliphatic heterocycles. The molecule has 0 saturated carbocycles. The van der Waals surface area contributed by atoms with Gasteiger partial charge in [-0.1, -0.05) is 0 Å². The summed E-state index contributed by atoms with van der Waals surface area (Å²) >= 11 is 4.49. The third-order valence-electron chi connectivity index (χ3n) is 2.27. The van der Waals surface area contributed by atoms with Gasteiger partial charge in [0.1, 0.15) is 12.6 Å². The number of epoxide rings is 1. The molecule has 0 bridgehead atoms. The van der Waals surface area contributed by atoms with Crippen molar-refractivity contribution in [3.63, 3.8) is 0 Å². The molecule has 0 aromatic carbocycles. The van der Waals surface area contributed by atoms with Crippen molar-refractivity contribution in [3.05, 3.63) is 0 Å². The Bertz CT molecular complexity index is 454. The standard InChI is InChI=1S/C8H15N2OS.CHF3O3S/c1-10(2,4-3-9-7-12)5-8-6-11-8;2-1(3,4)8(5,6)7/h8H,3-6H2,1-2H3;(H,5,6,7)/q+1;/p-1. The highest BCUT2D eigenvalue weighted by Gasteiger charge is 2.36. The number of aliphatic imine (C=N–C) groups is 1. The second-order valence-electron chi connectivity index (χ2n) is 4.67. The molecule has 0 aromatic rings. The smallest absolute Gasteiger partial charge is 0.485 e. The van der Waals surface area contributed by atoms with Gasteiger partial charge in [-0.05, 0) is 12.2 Å². The lowest BCUT2D eigenvalue weighted by molar-refractivity contribution is -0.889. The first kappa shape index (κ1) is 19.4. The molecule has 6 nitrogen and oxygen atoms in total. The number of likely N-dealkylation sites (N-methyl/N-ethyl adjacent to an activating group) is 1. The second-order valence-corrected chi connectivity index (χ2v) is 6.22. The van der Waals surface area contributed by atoms with Crippen LogP contribution in [0.4, 0.5) is 13.2 Å². The summed E-state index contributed by atoms with van der Waals surface area (Å²) in [6, 6.07) is 0. The SMILES string of the molecule is C[N+](C)(CCN=C=S)CC1CO1.O=S(=O)([O-])C(F)(F)F. The minimum Gasteiger partial charge on any atom is -0.741 e. The van der Waals surface area contributed by atoms with Crippen LogP contribution in [0.3, 0.4) is 0 Å². The van der Waals surface area contributed by atoms with Gasteiger partial charge in [0.15, 0.2) is 10.1 Å². The zero-order chi connectivity index (χ0) is 16.0. The monoisotopic (exact) mass is 336 g/mol. The van der Waals surface area contributed by atoms with E-state index in [0.717, 1.165) is 30.7 Å². The summed E-state index contributed by atoms with van der Waals surface area (Å²) in [6.45, 7) is 3.78. The summed E-state index contributed by atoms with van der Waals surface area (Å²) in [5.74, 6) is 0. The Hall–Kier alpha value is -0.580.